The van der Waals surface area contributed by atoms with Crippen molar-refractivity contribution in [3.63, 3.8) is 0 Å². The first kappa shape index (κ1) is 21.5. The summed E-state index contributed by atoms with van der Waals surface area (Å²) in [5, 5.41) is 2.31. The highest BCUT2D eigenvalue weighted by Gasteiger charge is 2.38. The predicted octanol–water partition coefficient (Wildman–Crippen LogP) is 8.42. The third kappa shape index (κ3) is 3.05. The molecule has 4 heterocycles. The van der Waals surface area contributed by atoms with Crippen molar-refractivity contribution in [1.29, 1.82) is 0 Å². The number of aliphatic imine (C=N–C) groups is 1. The fourth-order valence-electron chi connectivity index (χ4n) is 6.45. The highest BCUT2D eigenvalue weighted by atomic mass is 16.3. The smallest absolute Gasteiger partial charge is 0.141 e. The van der Waals surface area contributed by atoms with Crippen LogP contribution < -0.4 is 0 Å². The van der Waals surface area contributed by atoms with E-state index in [1.165, 1.54) is 28.0 Å². The van der Waals surface area contributed by atoms with Gasteiger partial charge >= 0.3 is 0 Å². The summed E-state index contributed by atoms with van der Waals surface area (Å²) >= 11 is 0. The normalized spacial score (nSPS) is 19.7. The SMILES string of the molecule is Cc1cccc2c1oc1c(C3C=C(c4ccccc4)C=N3)c([C@H]3c4ccccc4C4=CC=CCN43)ccc12. The Balaban J connectivity index is 1.40. The van der Waals surface area contributed by atoms with Crippen molar-refractivity contribution < 1.29 is 4.42 Å². The summed E-state index contributed by atoms with van der Waals surface area (Å²) in [5.74, 6) is 0. The first-order valence-electron chi connectivity index (χ1n) is 13.3. The van der Waals surface area contributed by atoms with Gasteiger partial charge < -0.3 is 9.32 Å². The lowest BCUT2D eigenvalue weighted by molar-refractivity contribution is 0.387. The standard InChI is InChI=1S/C35H26N2O/c1-22-10-9-15-27-28-17-18-29(33-26-14-6-5-13-25(26)31-16-7-8-19-37(31)33)32(35(28)38-34(22)27)30-20-24(21-36-30)23-11-3-2-4-12-23/h2-18,20-21,30,33H,19H2,1H3/t30?,33-/m1/s1. The minimum absolute atomic E-state index is 0.0977. The fourth-order valence-corrected chi connectivity index (χ4v) is 6.45. The molecular formula is C35H26N2O. The Labute approximate surface area is 221 Å². The van der Waals surface area contributed by atoms with Crippen LogP contribution in [0.1, 0.15) is 45.5 Å². The largest absolute Gasteiger partial charge is 0.455 e. The summed E-state index contributed by atoms with van der Waals surface area (Å²) in [6.45, 7) is 3.00. The topological polar surface area (TPSA) is 28.7 Å². The van der Waals surface area contributed by atoms with Crippen molar-refractivity contribution in [2.75, 3.05) is 6.54 Å². The molecule has 0 bridgehead atoms. The van der Waals surface area contributed by atoms with Gasteiger partial charge in [0, 0.05) is 40.4 Å². The number of benzene rings is 4. The molecule has 5 aromatic rings. The third-order valence-corrected chi connectivity index (χ3v) is 8.19. The minimum Gasteiger partial charge on any atom is -0.455 e. The van der Waals surface area contributed by atoms with Crippen molar-refractivity contribution in [2.24, 2.45) is 4.99 Å². The molecule has 0 saturated heterocycles. The molecule has 1 aromatic heterocycles. The number of para-hydroxylation sites is 1. The maximum Gasteiger partial charge on any atom is 0.141 e. The van der Waals surface area contributed by atoms with E-state index in [1.54, 1.807) is 0 Å². The first-order chi connectivity index (χ1) is 18.8. The molecule has 0 N–H and O–H groups in total. The van der Waals surface area contributed by atoms with Gasteiger partial charge in [0.25, 0.3) is 0 Å². The lowest BCUT2D eigenvalue weighted by Gasteiger charge is -2.31. The van der Waals surface area contributed by atoms with Crippen LogP contribution in [0.2, 0.25) is 0 Å². The van der Waals surface area contributed by atoms with Crippen LogP contribution in [0.15, 0.2) is 119 Å². The Bertz CT molecular complexity index is 1870. The number of hydrogen-bond donors (Lipinski definition) is 0. The van der Waals surface area contributed by atoms with Gasteiger partial charge in [-0.2, -0.15) is 0 Å². The molecule has 0 radical (unpaired) electrons. The summed E-state index contributed by atoms with van der Waals surface area (Å²) in [4.78, 5) is 7.59. The Kier molecular flexibility index (Phi) is 4.62. The van der Waals surface area contributed by atoms with E-state index >= 15 is 0 Å². The summed E-state index contributed by atoms with van der Waals surface area (Å²) in [6, 6.07) is 30.3. The summed E-state index contributed by atoms with van der Waals surface area (Å²) < 4.78 is 6.74. The third-order valence-electron chi connectivity index (χ3n) is 8.19. The summed E-state index contributed by atoms with van der Waals surface area (Å²) in [5.41, 5.74) is 11.8. The van der Waals surface area contributed by atoms with Crippen LogP contribution in [-0.2, 0) is 0 Å². The fraction of sp³-hybridized carbons (Fsp3) is 0.114. The van der Waals surface area contributed by atoms with Crippen LogP contribution in [0.3, 0.4) is 0 Å². The second-order valence-electron chi connectivity index (χ2n) is 10.3. The van der Waals surface area contributed by atoms with Crippen LogP contribution in [-0.4, -0.2) is 17.7 Å². The van der Waals surface area contributed by atoms with Crippen LogP contribution in [0, 0.1) is 6.92 Å². The van der Waals surface area contributed by atoms with E-state index in [1.807, 2.05) is 6.21 Å². The molecule has 1 unspecified atom stereocenters. The van der Waals surface area contributed by atoms with Crippen molar-refractivity contribution in [3.05, 3.63) is 143 Å². The highest BCUT2D eigenvalue weighted by Crippen LogP contribution is 2.50. The lowest BCUT2D eigenvalue weighted by Crippen LogP contribution is -2.25. The molecule has 3 nitrogen and oxygen atoms in total. The Hall–Kier alpha value is -4.63. The van der Waals surface area contributed by atoms with Gasteiger partial charge in [-0.15, -0.1) is 0 Å². The molecule has 4 aromatic carbocycles. The average molecular weight is 491 g/mol. The monoisotopic (exact) mass is 490 g/mol. The number of allylic oxidation sites excluding steroid dienone is 3. The van der Waals surface area contributed by atoms with Gasteiger partial charge in [0.05, 0.1) is 12.1 Å². The van der Waals surface area contributed by atoms with Gasteiger partial charge in [0.1, 0.15) is 11.2 Å². The Morgan fingerprint density at radius 2 is 1.66 bits per heavy atom. The molecule has 38 heavy (non-hydrogen) atoms. The second kappa shape index (κ2) is 8.19. The van der Waals surface area contributed by atoms with Crippen LogP contribution >= 0.6 is 0 Å². The van der Waals surface area contributed by atoms with Crippen LogP contribution in [0.4, 0.5) is 0 Å². The average Bonchev–Trinajstić information content (AvgIpc) is 3.68. The van der Waals surface area contributed by atoms with E-state index in [-0.39, 0.29) is 12.1 Å². The highest BCUT2D eigenvalue weighted by molar-refractivity contribution is 6.13. The van der Waals surface area contributed by atoms with E-state index in [0.29, 0.717) is 0 Å². The van der Waals surface area contributed by atoms with Gasteiger partial charge in [-0.3, -0.25) is 4.99 Å². The minimum atomic E-state index is -0.120. The second-order valence-corrected chi connectivity index (χ2v) is 10.3. The van der Waals surface area contributed by atoms with Crippen molar-refractivity contribution in [3.8, 4) is 0 Å². The molecule has 8 rings (SSSR count). The quantitative estimate of drug-likeness (QED) is 0.254. The molecule has 0 spiro atoms. The van der Waals surface area contributed by atoms with Crippen molar-refractivity contribution in [2.45, 2.75) is 19.0 Å². The number of nitrogens with zero attached hydrogens (tertiary/aromatic N) is 2. The van der Waals surface area contributed by atoms with Gasteiger partial charge in [-0.25, -0.2) is 0 Å². The van der Waals surface area contributed by atoms with Crippen LogP contribution in [0.25, 0.3) is 33.2 Å². The Morgan fingerprint density at radius 1 is 0.816 bits per heavy atom. The molecule has 2 atom stereocenters. The maximum absolute atomic E-state index is 6.74. The van der Waals surface area contributed by atoms with Crippen LogP contribution in [0.5, 0.6) is 0 Å². The summed E-state index contributed by atoms with van der Waals surface area (Å²) in [7, 11) is 0. The molecule has 0 fully saturated rings. The summed E-state index contributed by atoms with van der Waals surface area (Å²) in [6.07, 6.45) is 11.0. The predicted molar refractivity (Wildman–Crippen MR) is 156 cm³/mol. The maximum atomic E-state index is 6.74. The molecule has 0 aliphatic carbocycles. The zero-order valence-electron chi connectivity index (χ0n) is 21.1. The molecule has 3 aliphatic heterocycles. The number of aryl methyl sites for hydroxylation is 1. The van der Waals surface area contributed by atoms with Gasteiger partial charge in [-0.05, 0) is 46.9 Å². The van der Waals surface area contributed by atoms with E-state index < -0.39 is 0 Å². The van der Waals surface area contributed by atoms with E-state index in [4.69, 9.17) is 9.41 Å². The molecular weight excluding hydrogens is 464 g/mol. The number of fused-ring (bicyclic) bond motifs is 6. The molecule has 0 amide bonds. The van der Waals surface area contributed by atoms with Crippen molar-refractivity contribution in [1.82, 2.24) is 4.90 Å². The Morgan fingerprint density at radius 3 is 2.58 bits per heavy atom. The molecule has 182 valence electrons. The van der Waals surface area contributed by atoms with Gasteiger partial charge in [0.15, 0.2) is 0 Å². The number of furan rings is 1. The van der Waals surface area contributed by atoms with E-state index in [0.717, 1.165) is 45.2 Å². The lowest BCUT2D eigenvalue weighted by atomic mass is 9.89. The van der Waals surface area contributed by atoms with E-state index in [9.17, 15) is 0 Å². The number of rotatable bonds is 3. The van der Waals surface area contributed by atoms with E-state index in [2.05, 4.69) is 121 Å². The van der Waals surface area contributed by atoms with Gasteiger partial charge in [-0.1, -0.05) is 97.1 Å². The molecule has 3 heteroatoms. The molecule has 0 saturated carbocycles. The molecule has 3 aliphatic rings. The zero-order valence-corrected chi connectivity index (χ0v) is 21.1. The zero-order chi connectivity index (χ0) is 25.2. The number of hydrogen-bond acceptors (Lipinski definition) is 3. The van der Waals surface area contributed by atoms with Crippen molar-refractivity contribution >= 4 is 39.4 Å². The first-order valence-corrected chi connectivity index (χ1v) is 13.3. The van der Waals surface area contributed by atoms with Gasteiger partial charge in [0.2, 0.25) is 0 Å².